The van der Waals surface area contributed by atoms with Crippen molar-refractivity contribution in [2.75, 3.05) is 0 Å². The molecule has 0 aliphatic heterocycles. The number of rotatable bonds is 6. The van der Waals surface area contributed by atoms with Crippen LogP contribution >= 0.6 is 11.3 Å². The minimum Gasteiger partial charge on any atom is -0.333 e. The topological polar surface area (TPSA) is 46.3 Å². The number of carbonyl (C=O) groups excluding carboxylic acids is 1. The van der Waals surface area contributed by atoms with Gasteiger partial charge in [0.2, 0.25) is 5.91 Å². The average Bonchev–Trinajstić information content (AvgIpc) is 3.03. The number of hydrogen-bond donors (Lipinski definition) is 1. The van der Waals surface area contributed by atoms with Crippen LogP contribution in [0, 0.1) is 0 Å². The van der Waals surface area contributed by atoms with Gasteiger partial charge in [-0.05, 0) is 30.7 Å². The summed E-state index contributed by atoms with van der Waals surface area (Å²) in [6, 6.07) is 4.23. The number of nitrogens with zero attached hydrogens (tertiary/aromatic N) is 1. The molecule has 1 atom stereocenters. The molecule has 0 aromatic carbocycles. The summed E-state index contributed by atoms with van der Waals surface area (Å²) in [4.78, 5) is 15.5. The molecule has 3 nitrogen and oxygen atoms in total. The smallest absolute Gasteiger partial charge is 0.240 e. The highest BCUT2D eigenvalue weighted by atomic mass is 32.1. The molecule has 0 bridgehead atoms. The summed E-state index contributed by atoms with van der Waals surface area (Å²) in [5.74, 6) is 0.128. The molecule has 1 aromatic rings. The highest BCUT2D eigenvalue weighted by Gasteiger charge is 2.34. The zero-order chi connectivity index (χ0) is 12.3. The van der Waals surface area contributed by atoms with Gasteiger partial charge in [0, 0.05) is 10.9 Å². The van der Waals surface area contributed by atoms with Gasteiger partial charge >= 0.3 is 0 Å². The van der Waals surface area contributed by atoms with Crippen LogP contribution in [-0.2, 0) is 11.3 Å². The number of thiophene rings is 1. The first-order valence-corrected chi connectivity index (χ1v) is 7.18. The van der Waals surface area contributed by atoms with Crippen molar-refractivity contribution in [1.82, 2.24) is 4.90 Å². The molecule has 0 radical (unpaired) electrons. The van der Waals surface area contributed by atoms with Gasteiger partial charge in [-0.3, -0.25) is 4.79 Å². The Labute approximate surface area is 107 Å². The van der Waals surface area contributed by atoms with E-state index in [0.29, 0.717) is 6.04 Å². The van der Waals surface area contributed by atoms with Gasteiger partial charge in [-0.15, -0.1) is 11.3 Å². The zero-order valence-electron chi connectivity index (χ0n) is 10.3. The van der Waals surface area contributed by atoms with Crippen molar-refractivity contribution in [3.05, 3.63) is 22.4 Å². The number of carbonyl (C=O) groups is 1. The lowest BCUT2D eigenvalue weighted by Crippen LogP contribution is -2.44. The summed E-state index contributed by atoms with van der Waals surface area (Å²) in [6.45, 7) is 2.80. The standard InChI is InChI=1S/C13H20N2OS/c1-2-4-12(14)13(16)15(10-6-7-10)9-11-5-3-8-17-11/h3,5,8,10,12H,2,4,6-7,9,14H2,1H3/t12-/m0/s1. The Kier molecular flexibility index (Phi) is 4.18. The molecule has 2 rings (SSSR count). The third-order valence-electron chi connectivity index (χ3n) is 3.09. The Morgan fingerprint density at radius 3 is 2.94 bits per heavy atom. The maximum atomic E-state index is 12.2. The fourth-order valence-corrected chi connectivity index (χ4v) is 2.69. The van der Waals surface area contributed by atoms with Crippen LogP contribution in [0.4, 0.5) is 0 Å². The molecule has 0 saturated heterocycles. The Hall–Kier alpha value is -0.870. The van der Waals surface area contributed by atoms with Crippen molar-refractivity contribution < 1.29 is 4.79 Å². The summed E-state index contributed by atoms with van der Waals surface area (Å²) < 4.78 is 0. The van der Waals surface area contributed by atoms with Crippen molar-refractivity contribution in [3.8, 4) is 0 Å². The second-order valence-corrected chi connectivity index (χ2v) is 5.70. The maximum Gasteiger partial charge on any atom is 0.240 e. The summed E-state index contributed by atoms with van der Waals surface area (Å²) in [7, 11) is 0. The predicted molar refractivity (Wildman–Crippen MR) is 70.8 cm³/mol. The molecular formula is C13H20N2OS. The van der Waals surface area contributed by atoms with E-state index in [0.717, 1.165) is 32.2 Å². The van der Waals surface area contributed by atoms with E-state index in [-0.39, 0.29) is 11.9 Å². The highest BCUT2D eigenvalue weighted by Crippen LogP contribution is 2.29. The van der Waals surface area contributed by atoms with E-state index in [1.54, 1.807) is 11.3 Å². The van der Waals surface area contributed by atoms with Crippen LogP contribution in [0.3, 0.4) is 0 Å². The van der Waals surface area contributed by atoms with E-state index in [4.69, 9.17) is 5.73 Å². The predicted octanol–water partition coefficient (Wildman–Crippen LogP) is 2.37. The fraction of sp³-hybridized carbons (Fsp3) is 0.615. The van der Waals surface area contributed by atoms with E-state index < -0.39 is 0 Å². The largest absolute Gasteiger partial charge is 0.333 e. The highest BCUT2D eigenvalue weighted by molar-refractivity contribution is 7.09. The van der Waals surface area contributed by atoms with Crippen molar-refractivity contribution in [1.29, 1.82) is 0 Å². The molecule has 0 spiro atoms. The van der Waals surface area contributed by atoms with Crippen LogP contribution in [-0.4, -0.2) is 22.9 Å². The molecule has 94 valence electrons. The van der Waals surface area contributed by atoms with Crippen LogP contribution < -0.4 is 5.73 Å². The van der Waals surface area contributed by atoms with Gasteiger partial charge in [0.05, 0.1) is 12.6 Å². The van der Waals surface area contributed by atoms with Gasteiger partial charge in [0.1, 0.15) is 0 Å². The summed E-state index contributed by atoms with van der Waals surface area (Å²) in [5, 5.41) is 2.05. The van der Waals surface area contributed by atoms with Crippen molar-refractivity contribution in [2.45, 2.75) is 51.2 Å². The van der Waals surface area contributed by atoms with Gasteiger partial charge < -0.3 is 10.6 Å². The quantitative estimate of drug-likeness (QED) is 0.845. The molecule has 1 aliphatic carbocycles. The maximum absolute atomic E-state index is 12.2. The molecule has 0 unspecified atom stereocenters. The van der Waals surface area contributed by atoms with Crippen LogP contribution in [0.2, 0.25) is 0 Å². The summed E-state index contributed by atoms with van der Waals surface area (Å²) in [6.07, 6.45) is 4.02. The molecule has 1 fully saturated rings. The molecule has 4 heteroatoms. The molecule has 1 heterocycles. The Morgan fingerprint density at radius 1 is 1.65 bits per heavy atom. The lowest BCUT2D eigenvalue weighted by Gasteiger charge is -2.25. The average molecular weight is 252 g/mol. The van der Waals surface area contributed by atoms with Crippen molar-refractivity contribution in [2.24, 2.45) is 5.73 Å². The Balaban J connectivity index is 1.99. The Morgan fingerprint density at radius 2 is 2.41 bits per heavy atom. The van der Waals surface area contributed by atoms with E-state index in [9.17, 15) is 4.79 Å². The first-order valence-electron chi connectivity index (χ1n) is 6.30. The van der Waals surface area contributed by atoms with Gasteiger partial charge in [-0.2, -0.15) is 0 Å². The van der Waals surface area contributed by atoms with Crippen LogP contribution in [0.5, 0.6) is 0 Å². The monoisotopic (exact) mass is 252 g/mol. The van der Waals surface area contributed by atoms with Crippen molar-refractivity contribution >= 4 is 17.2 Å². The fourth-order valence-electron chi connectivity index (χ4n) is 1.99. The normalized spacial score (nSPS) is 16.8. The second kappa shape index (κ2) is 5.65. The molecule has 1 aliphatic rings. The van der Waals surface area contributed by atoms with Gasteiger partial charge in [0.15, 0.2) is 0 Å². The van der Waals surface area contributed by atoms with E-state index >= 15 is 0 Å². The number of amides is 1. The molecule has 1 aromatic heterocycles. The lowest BCUT2D eigenvalue weighted by atomic mass is 10.1. The van der Waals surface area contributed by atoms with E-state index in [2.05, 4.69) is 18.4 Å². The van der Waals surface area contributed by atoms with Gasteiger partial charge in [-0.1, -0.05) is 19.4 Å². The summed E-state index contributed by atoms with van der Waals surface area (Å²) >= 11 is 1.70. The summed E-state index contributed by atoms with van der Waals surface area (Å²) in [5.41, 5.74) is 5.94. The third-order valence-corrected chi connectivity index (χ3v) is 3.96. The first-order chi connectivity index (χ1) is 8.22. The number of nitrogens with two attached hydrogens (primary N) is 1. The molecule has 2 N–H and O–H groups in total. The molecule has 1 saturated carbocycles. The molecular weight excluding hydrogens is 232 g/mol. The second-order valence-electron chi connectivity index (χ2n) is 4.67. The third kappa shape index (κ3) is 3.30. The minimum atomic E-state index is -0.319. The van der Waals surface area contributed by atoms with E-state index in [1.807, 2.05) is 11.0 Å². The SMILES string of the molecule is CCC[C@H](N)C(=O)N(Cc1cccs1)C1CC1. The van der Waals surface area contributed by atoms with E-state index in [1.165, 1.54) is 4.88 Å². The first kappa shape index (κ1) is 12.6. The van der Waals surface area contributed by atoms with Gasteiger partial charge in [-0.25, -0.2) is 0 Å². The van der Waals surface area contributed by atoms with Gasteiger partial charge in [0.25, 0.3) is 0 Å². The zero-order valence-corrected chi connectivity index (χ0v) is 11.1. The lowest BCUT2D eigenvalue weighted by molar-refractivity contribution is -0.133. The van der Waals surface area contributed by atoms with Crippen LogP contribution in [0.1, 0.15) is 37.5 Å². The van der Waals surface area contributed by atoms with Crippen LogP contribution in [0.25, 0.3) is 0 Å². The molecule has 1 amide bonds. The van der Waals surface area contributed by atoms with Crippen LogP contribution in [0.15, 0.2) is 17.5 Å². The number of hydrogen-bond acceptors (Lipinski definition) is 3. The minimum absolute atomic E-state index is 0.128. The van der Waals surface area contributed by atoms with Crippen molar-refractivity contribution in [3.63, 3.8) is 0 Å². The molecule has 17 heavy (non-hydrogen) atoms. The Bertz CT molecular complexity index is 360.